The molecule has 1 fully saturated rings. The molecule has 1 N–H and O–H groups in total. The zero-order chi connectivity index (χ0) is 10.0. The molecule has 0 amide bonds. The molecule has 15 heavy (non-hydrogen) atoms. The summed E-state index contributed by atoms with van der Waals surface area (Å²) in [4.78, 5) is 0. The van der Waals surface area contributed by atoms with Gasteiger partial charge in [-0.15, -0.1) is 12.4 Å². The molecule has 1 aliphatic rings. The average molecular weight is 291 g/mol. The third-order valence-electron chi connectivity index (χ3n) is 2.94. The van der Waals surface area contributed by atoms with E-state index >= 15 is 0 Å². The van der Waals surface area contributed by atoms with Gasteiger partial charge in [-0.1, -0.05) is 28.1 Å². The van der Waals surface area contributed by atoms with Crippen molar-refractivity contribution in [3.05, 3.63) is 34.3 Å². The van der Waals surface area contributed by atoms with Gasteiger partial charge in [0.05, 0.1) is 0 Å². The Morgan fingerprint density at radius 3 is 2.87 bits per heavy atom. The first-order valence-corrected chi connectivity index (χ1v) is 5.97. The highest BCUT2D eigenvalue weighted by atomic mass is 79.9. The summed E-state index contributed by atoms with van der Waals surface area (Å²) in [6.07, 6.45) is 3.73. The topological polar surface area (TPSA) is 12.0 Å². The number of rotatable bonds is 2. The Morgan fingerprint density at radius 1 is 1.47 bits per heavy atom. The van der Waals surface area contributed by atoms with E-state index in [1.165, 1.54) is 29.4 Å². The van der Waals surface area contributed by atoms with E-state index in [4.69, 9.17) is 0 Å². The maximum Gasteiger partial charge on any atom is 0.0194 e. The van der Waals surface area contributed by atoms with Crippen molar-refractivity contribution in [1.82, 2.24) is 5.32 Å². The second-order valence-electron chi connectivity index (χ2n) is 4.40. The summed E-state index contributed by atoms with van der Waals surface area (Å²) >= 11 is 3.51. The Bertz CT molecular complexity index is 321. The van der Waals surface area contributed by atoms with Gasteiger partial charge in [0.1, 0.15) is 0 Å². The summed E-state index contributed by atoms with van der Waals surface area (Å²) in [5.74, 6) is 0. The van der Waals surface area contributed by atoms with E-state index < -0.39 is 0 Å². The predicted octanol–water partition coefficient (Wildman–Crippen LogP) is 3.56. The zero-order valence-electron chi connectivity index (χ0n) is 8.92. The summed E-state index contributed by atoms with van der Waals surface area (Å²) in [6, 6.07) is 8.60. The van der Waals surface area contributed by atoms with Crippen LogP contribution in [0.15, 0.2) is 28.7 Å². The lowest BCUT2D eigenvalue weighted by Gasteiger charge is -2.24. The van der Waals surface area contributed by atoms with E-state index in [0.29, 0.717) is 5.54 Å². The molecule has 0 bridgehead atoms. The van der Waals surface area contributed by atoms with Crippen molar-refractivity contribution in [1.29, 1.82) is 0 Å². The fourth-order valence-corrected chi connectivity index (χ4v) is 2.65. The monoisotopic (exact) mass is 289 g/mol. The van der Waals surface area contributed by atoms with Gasteiger partial charge >= 0.3 is 0 Å². The first-order chi connectivity index (χ1) is 6.68. The normalized spacial score (nSPS) is 24.9. The quantitative estimate of drug-likeness (QED) is 0.878. The van der Waals surface area contributed by atoms with Gasteiger partial charge in [0.25, 0.3) is 0 Å². The van der Waals surface area contributed by atoms with Gasteiger partial charge in [0.15, 0.2) is 0 Å². The smallest absolute Gasteiger partial charge is 0.0194 e. The van der Waals surface area contributed by atoms with E-state index in [9.17, 15) is 0 Å². The summed E-state index contributed by atoms with van der Waals surface area (Å²) in [6.45, 7) is 3.49. The van der Waals surface area contributed by atoms with Crippen LogP contribution >= 0.6 is 28.3 Å². The number of hydrogen-bond acceptors (Lipinski definition) is 1. The van der Waals surface area contributed by atoms with Crippen LogP contribution in [0.5, 0.6) is 0 Å². The van der Waals surface area contributed by atoms with Crippen molar-refractivity contribution in [3.8, 4) is 0 Å². The maximum atomic E-state index is 3.59. The van der Waals surface area contributed by atoms with E-state index in [1.54, 1.807) is 0 Å². The fourth-order valence-electron chi connectivity index (χ4n) is 2.21. The Labute approximate surface area is 106 Å². The molecule has 0 saturated carbocycles. The Kier molecular flexibility index (Phi) is 4.63. The Balaban J connectivity index is 0.00000112. The highest BCUT2D eigenvalue weighted by Gasteiger charge is 2.27. The summed E-state index contributed by atoms with van der Waals surface area (Å²) < 4.78 is 1.18. The molecule has 1 saturated heterocycles. The lowest BCUT2D eigenvalue weighted by atomic mass is 9.91. The third kappa shape index (κ3) is 3.47. The van der Waals surface area contributed by atoms with Crippen LogP contribution in [0.1, 0.15) is 25.3 Å². The lowest BCUT2D eigenvalue weighted by molar-refractivity contribution is 0.412. The van der Waals surface area contributed by atoms with Crippen LogP contribution in [0.2, 0.25) is 0 Å². The largest absolute Gasteiger partial charge is 0.311 e. The number of benzene rings is 1. The van der Waals surface area contributed by atoms with Gasteiger partial charge < -0.3 is 5.32 Å². The molecular formula is C12H17BrClN. The minimum atomic E-state index is 0. The minimum absolute atomic E-state index is 0. The molecule has 2 rings (SSSR count). The molecule has 1 unspecified atom stereocenters. The molecule has 84 valence electrons. The summed E-state index contributed by atoms with van der Waals surface area (Å²) in [5.41, 5.74) is 1.73. The van der Waals surface area contributed by atoms with Gasteiger partial charge in [0, 0.05) is 10.0 Å². The van der Waals surface area contributed by atoms with E-state index in [0.717, 1.165) is 6.42 Å². The lowest BCUT2D eigenvalue weighted by Crippen LogP contribution is -2.38. The first-order valence-electron chi connectivity index (χ1n) is 5.17. The van der Waals surface area contributed by atoms with Crippen LogP contribution in [0.4, 0.5) is 0 Å². The molecule has 1 atom stereocenters. The standard InChI is InChI=1S/C12H16BrN.ClH/c1-12(6-3-7-14-12)9-10-4-2-5-11(13)8-10;/h2,4-5,8,14H,3,6-7,9H2,1H3;1H. The average Bonchev–Trinajstić information content (AvgIpc) is 2.51. The zero-order valence-corrected chi connectivity index (χ0v) is 11.3. The van der Waals surface area contributed by atoms with Gasteiger partial charge in [-0.25, -0.2) is 0 Å². The van der Waals surface area contributed by atoms with E-state index in [2.05, 4.69) is 52.4 Å². The first kappa shape index (κ1) is 13.0. The molecule has 0 radical (unpaired) electrons. The molecular weight excluding hydrogens is 273 g/mol. The molecule has 1 nitrogen and oxygen atoms in total. The Hall–Kier alpha value is -0.0500. The van der Waals surface area contributed by atoms with Gasteiger partial charge in [-0.3, -0.25) is 0 Å². The summed E-state index contributed by atoms with van der Waals surface area (Å²) in [5, 5.41) is 3.59. The van der Waals surface area contributed by atoms with E-state index in [1.807, 2.05) is 0 Å². The fraction of sp³-hybridized carbons (Fsp3) is 0.500. The maximum absolute atomic E-state index is 3.59. The van der Waals surface area contributed by atoms with Crippen molar-refractivity contribution >= 4 is 28.3 Å². The van der Waals surface area contributed by atoms with Gasteiger partial charge in [0.2, 0.25) is 0 Å². The van der Waals surface area contributed by atoms with Crippen LogP contribution in [0.3, 0.4) is 0 Å². The van der Waals surface area contributed by atoms with Crippen LogP contribution in [0, 0.1) is 0 Å². The van der Waals surface area contributed by atoms with Crippen molar-refractivity contribution < 1.29 is 0 Å². The second-order valence-corrected chi connectivity index (χ2v) is 5.31. The second kappa shape index (κ2) is 5.33. The van der Waals surface area contributed by atoms with Crippen molar-refractivity contribution in [3.63, 3.8) is 0 Å². The van der Waals surface area contributed by atoms with Crippen LogP contribution < -0.4 is 5.32 Å². The minimum Gasteiger partial charge on any atom is -0.311 e. The molecule has 1 heterocycles. The number of halogens is 2. The number of hydrogen-bond donors (Lipinski definition) is 1. The summed E-state index contributed by atoms with van der Waals surface area (Å²) in [7, 11) is 0. The van der Waals surface area contributed by atoms with Gasteiger partial charge in [-0.05, 0) is 50.4 Å². The molecule has 0 spiro atoms. The number of nitrogens with one attached hydrogen (secondary N) is 1. The molecule has 0 aromatic heterocycles. The molecule has 1 aromatic carbocycles. The highest BCUT2D eigenvalue weighted by Crippen LogP contribution is 2.24. The van der Waals surface area contributed by atoms with E-state index in [-0.39, 0.29) is 12.4 Å². The molecule has 1 aromatic rings. The highest BCUT2D eigenvalue weighted by molar-refractivity contribution is 9.10. The molecule has 3 heteroatoms. The SMILES string of the molecule is CC1(Cc2cccc(Br)c2)CCCN1.Cl. The van der Waals surface area contributed by atoms with Crippen LogP contribution in [-0.4, -0.2) is 12.1 Å². The van der Waals surface area contributed by atoms with Crippen molar-refractivity contribution in [2.24, 2.45) is 0 Å². The van der Waals surface area contributed by atoms with Crippen molar-refractivity contribution in [2.75, 3.05) is 6.54 Å². The third-order valence-corrected chi connectivity index (χ3v) is 3.43. The van der Waals surface area contributed by atoms with Crippen molar-refractivity contribution in [2.45, 2.75) is 31.7 Å². The van der Waals surface area contributed by atoms with Gasteiger partial charge in [-0.2, -0.15) is 0 Å². The molecule has 0 aliphatic carbocycles. The van der Waals surface area contributed by atoms with Crippen LogP contribution in [-0.2, 0) is 6.42 Å². The Morgan fingerprint density at radius 2 is 2.27 bits per heavy atom. The predicted molar refractivity (Wildman–Crippen MR) is 70.7 cm³/mol. The molecule has 1 aliphatic heterocycles. The van der Waals surface area contributed by atoms with Crippen LogP contribution in [0.25, 0.3) is 0 Å².